The van der Waals surface area contributed by atoms with Gasteiger partial charge < -0.3 is 10.4 Å². The van der Waals surface area contributed by atoms with E-state index in [1.807, 2.05) is 0 Å². The molecule has 0 spiro atoms. The van der Waals surface area contributed by atoms with Crippen molar-refractivity contribution in [2.24, 2.45) is 5.92 Å². The molecule has 1 aliphatic heterocycles. The van der Waals surface area contributed by atoms with Gasteiger partial charge in [-0.15, -0.1) is 0 Å². The van der Waals surface area contributed by atoms with Gasteiger partial charge in [-0.05, 0) is 79.0 Å². The van der Waals surface area contributed by atoms with Crippen LogP contribution in [0.15, 0.2) is 66.7 Å². The summed E-state index contributed by atoms with van der Waals surface area (Å²) in [6.45, 7) is 4.81. The van der Waals surface area contributed by atoms with Gasteiger partial charge in [-0.25, -0.2) is 0 Å². The van der Waals surface area contributed by atoms with Gasteiger partial charge in [0.15, 0.2) is 0 Å². The number of carboxylic acid groups (broad SMARTS) is 1. The zero-order valence-corrected chi connectivity index (χ0v) is 20.8. The second-order valence-corrected chi connectivity index (χ2v) is 10.7. The molecule has 3 unspecified atom stereocenters. The third kappa shape index (κ3) is 5.76. The molecule has 1 saturated heterocycles. The maximum atomic E-state index is 11.4. The lowest BCUT2D eigenvalue weighted by molar-refractivity contribution is -0.143. The number of hydrogen-bond acceptors (Lipinski definition) is 3. The maximum absolute atomic E-state index is 11.4. The van der Waals surface area contributed by atoms with Gasteiger partial charge in [0.25, 0.3) is 0 Å². The minimum absolute atomic E-state index is 0.217. The first kappa shape index (κ1) is 24.0. The largest absolute Gasteiger partial charge is 0.481 e. The molecule has 0 bridgehead atoms. The van der Waals surface area contributed by atoms with Crippen LogP contribution >= 0.6 is 0 Å². The highest BCUT2D eigenvalue weighted by atomic mass is 16.4. The lowest BCUT2D eigenvalue weighted by atomic mass is 9.80. The van der Waals surface area contributed by atoms with E-state index in [0.29, 0.717) is 24.5 Å². The molecular formula is C31H38N2O2. The fourth-order valence-corrected chi connectivity index (χ4v) is 6.27. The number of rotatable bonds is 7. The van der Waals surface area contributed by atoms with Gasteiger partial charge in [0.1, 0.15) is 0 Å². The highest BCUT2D eigenvalue weighted by Gasteiger charge is 2.26. The van der Waals surface area contributed by atoms with Crippen LogP contribution in [0, 0.1) is 5.92 Å². The van der Waals surface area contributed by atoms with Gasteiger partial charge in [0.05, 0.1) is 5.92 Å². The van der Waals surface area contributed by atoms with E-state index in [1.54, 1.807) is 0 Å². The van der Waals surface area contributed by atoms with Crippen molar-refractivity contribution in [1.29, 1.82) is 0 Å². The van der Waals surface area contributed by atoms with Crippen LogP contribution in [0.2, 0.25) is 0 Å². The predicted molar refractivity (Wildman–Crippen MR) is 143 cm³/mol. The fourth-order valence-electron chi connectivity index (χ4n) is 6.27. The zero-order chi connectivity index (χ0) is 24.2. The first-order chi connectivity index (χ1) is 17.1. The molecule has 2 N–H and O–H groups in total. The number of likely N-dealkylation sites (tertiary alicyclic amines) is 1. The molecule has 0 radical (unpaired) electrons. The second-order valence-electron chi connectivity index (χ2n) is 10.7. The monoisotopic (exact) mass is 470 g/mol. The number of benzene rings is 3. The molecule has 1 saturated carbocycles. The number of carboxylic acids is 1. The molecule has 184 valence electrons. The summed E-state index contributed by atoms with van der Waals surface area (Å²) in [7, 11) is 0. The molecule has 5 rings (SSSR count). The number of piperidine rings is 1. The van der Waals surface area contributed by atoms with E-state index in [1.165, 1.54) is 53.1 Å². The third-order valence-corrected chi connectivity index (χ3v) is 8.16. The van der Waals surface area contributed by atoms with Crippen molar-refractivity contribution in [1.82, 2.24) is 10.2 Å². The van der Waals surface area contributed by atoms with Gasteiger partial charge in [-0.1, -0.05) is 73.2 Å². The third-order valence-electron chi connectivity index (χ3n) is 8.16. The Kier molecular flexibility index (Phi) is 7.50. The molecule has 1 aliphatic carbocycles. The van der Waals surface area contributed by atoms with Crippen molar-refractivity contribution in [3.8, 4) is 0 Å². The molecule has 0 aromatic heterocycles. The molecule has 1 heterocycles. The number of hydrogen-bond donors (Lipinski definition) is 2. The van der Waals surface area contributed by atoms with E-state index < -0.39 is 5.97 Å². The minimum atomic E-state index is -0.653. The first-order valence-electron chi connectivity index (χ1n) is 13.3. The summed E-state index contributed by atoms with van der Waals surface area (Å²) in [5.74, 6) is -0.271. The Morgan fingerprint density at radius 1 is 1.00 bits per heavy atom. The topological polar surface area (TPSA) is 52.6 Å². The quantitative estimate of drug-likeness (QED) is 0.413. The van der Waals surface area contributed by atoms with E-state index in [0.717, 1.165) is 25.9 Å². The predicted octanol–water partition coefficient (Wildman–Crippen LogP) is 6.51. The van der Waals surface area contributed by atoms with Crippen molar-refractivity contribution in [3.63, 3.8) is 0 Å². The summed E-state index contributed by atoms with van der Waals surface area (Å²) in [6.07, 6.45) is 6.72. The van der Waals surface area contributed by atoms with Crippen LogP contribution in [-0.4, -0.2) is 35.1 Å². The number of aliphatic carboxylic acids is 1. The van der Waals surface area contributed by atoms with Crippen molar-refractivity contribution in [2.75, 3.05) is 13.1 Å². The smallest absolute Gasteiger partial charge is 0.307 e. The van der Waals surface area contributed by atoms with Crippen molar-refractivity contribution >= 4 is 16.7 Å². The normalized spacial score (nSPS) is 24.3. The Morgan fingerprint density at radius 2 is 1.80 bits per heavy atom. The Labute approximate surface area is 209 Å². The molecular weight excluding hydrogens is 432 g/mol. The van der Waals surface area contributed by atoms with Crippen LogP contribution in [0.3, 0.4) is 0 Å². The second kappa shape index (κ2) is 10.9. The van der Waals surface area contributed by atoms with E-state index in [2.05, 4.69) is 83.9 Å². The lowest BCUT2D eigenvalue weighted by Gasteiger charge is -2.33. The molecule has 3 aromatic carbocycles. The molecule has 4 nitrogen and oxygen atoms in total. The summed E-state index contributed by atoms with van der Waals surface area (Å²) in [5.41, 5.74) is 4.12. The summed E-state index contributed by atoms with van der Waals surface area (Å²) in [6, 6.07) is 25.3. The van der Waals surface area contributed by atoms with Crippen LogP contribution in [-0.2, 0) is 11.3 Å². The van der Waals surface area contributed by atoms with E-state index in [4.69, 9.17) is 0 Å². The Morgan fingerprint density at radius 3 is 2.63 bits per heavy atom. The molecule has 4 atom stereocenters. The van der Waals surface area contributed by atoms with Crippen LogP contribution in [0.1, 0.15) is 74.1 Å². The molecule has 2 fully saturated rings. The number of nitrogens with one attached hydrogen (secondary N) is 1. The van der Waals surface area contributed by atoms with Gasteiger partial charge >= 0.3 is 5.97 Å². The average Bonchev–Trinajstić information content (AvgIpc) is 2.89. The van der Waals surface area contributed by atoms with Gasteiger partial charge in [-0.2, -0.15) is 0 Å². The summed E-state index contributed by atoms with van der Waals surface area (Å²) in [4.78, 5) is 13.7. The maximum Gasteiger partial charge on any atom is 0.307 e. The zero-order valence-electron chi connectivity index (χ0n) is 20.8. The summed E-state index contributed by atoms with van der Waals surface area (Å²) >= 11 is 0. The minimum Gasteiger partial charge on any atom is -0.481 e. The summed E-state index contributed by atoms with van der Waals surface area (Å²) in [5, 5.41) is 16.0. The molecule has 35 heavy (non-hydrogen) atoms. The average molecular weight is 471 g/mol. The molecule has 3 aromatic rings. The van der Waals surface area contributed by atoms with Crippen molar-refractivity contribution in [2.45, 2.75) is 70.0 Å². The standard InChI is InChI=1S/C31H38N2O2/c1-22(29-13-5-8-25-7-2-3-12-30(25)29)32-28-11-4-9-26(19-28)24-16-14-23(15-17-24)20-33-18-6-10-27(21-33)31(34)35/h2-3,5,7-8,12-17,22,26-28,32H,4,6,9-11,18-21H2,1H3,(H,34,35)/t22-,26?,27?,28?/m1/s1. The number of fused-ring (bicyclic) bond motifs is 1. The Bertz CT molecular complexity index is 1140. The first-order valence-corrected chi connectivity index (χ1v) is 13.3. The van der Waals surface area contributed by atoms with Crippen LogP contribution < -0.4 is 5.32 Å². The fraction of sp³-hybridized carbons (Fsp3) is 0.452. The highest BCUT2D eigenvalue weighted by molar-refractivity contribution is 5.86. The van der Waals surface area contributed by atoms with E-state index >= 15 is 0 Å². The van der Waals surface area contributed by atoms with Crippen LogP contribution in [0.5, 0.6) is 0 Å². The van der Waals surface area contributed by atoms with E-state index in [-0.39, 0.29) is 5.92 Å². The Hall–Kier alpha value is -2.69. The van der Waals surface area contributed by atoms with Crippen LogP contribution in [0.25, 0.3) is 10.8 Å². The Balaban J connectivity index is 1.19. The van der Waals surface area contributed by atoms with Crippen molar-refractivity contribution < 1.29 is 9.90 Å². The number of carbonyl (C=O) groups is 1. The summed E-state index contributed by atoms with van der Waals surface area (Å²) < 4.78 is 0. The molecule has 0 amide bonds. The van der Waals surface area contributed by atoms with Gasteiger partial charge in [0.2, 0.25) is 0 Å². The van der Waals surface area contributed by atoms with E-state index in [9.17, 15) is 9.90 Å². The highest BCUT2D eigenvalue weighted by Crippen LogP contribution is 2.35. The SMILES string of the molecule is C[C@@H](NC1CCCC(c2ccc(CN3CCCC(C(=O)O)C3)cc2)C1)c1cccc2ccccc12. The van der Waals surface area contributed by atoms with Crippen LogP contribution in [0.4, 0.5) is 0 Å². The van der Waals surface area contributed by atoms with Gasteiger partial charge in [0, 0.05) is 25.2 Å². The molecule has 2 aliphatic rings. The lowest BCUT2D eigenvalue weighted by Crippen LogP contribution is -2.38. The number of nitrogens with zero attached hydrogens (tertiary/aromatic N) is 1. The van der Waals surface area contributed by atoms with Gasteiger partial charge in [-0.3, -0.25) is 9.69 Å². The van der Waals surface area contributed by atoms with Crippen molar-refractivity contribution in [3.05, 3.63) is 83.4 Å². The molecule has 4 heteroatoms.